The quantitative estimate of drug-likeness (QED) is 0.530. The Morgan fingerprint density at radius 3 is 2.77 bits per heavy atom. The van der Waals surface area contributed by atoms with Crippen LogP contribution in [0.25, 0.3) is 10.9 Å². The van der Waals surface area contributed by atoms with Gasteiger partial charge in [0.15, 0.2) is 0 Å². The summed E-state index contributed by atoms with van der Waals surface area (Å²) in [5.41, 5.74) is 14.2. The topological polar surface area (TPSA) is 112 Å². The van der Waals surface area contributed by atoms with Gasteiger partial charge in [-0.1, -0.05) is 38.5 Å². The fraction of sp³-hybridized carbons (Fsp3) is 0.474. The molecule has 0 fully saturated rings. The standard InChI is InChI=1S/C19H27N5O2/c1-4-10(2)16(20)19(26)24-23-18(25)15-9-13-12-7-5-6-8-14(12)22-17(13)11(3)21-15/h5-8,10-11,15-16,21-22H,4,9,20H2,1-3H3,(H,23,25)(H,24,26)/t10-,11-,15-,16-/m0/s1. The molecule has 7 nitrogen and oxygen atoms in total. The maximum atomic E-state index is 12.5. The molecule has 2 aromatic rings. The number of hydrogen-bond acceptors (Lipinski definition) is 4. The highest BCUT2D eigenvalue weighted by Crippen LogP contribution is 2.31. The number of aromatic nitrogens is 1. The molecule has 0 unspecified atom stereocenters. The lowest BCUT2D eigenvalue weighted by molar-refractivity contribution is -0.131. The molecule has 0 radical (unpaired) electrons. The first-order valence-electron chi connectivity index (χ1n) is 9.13. The molecule has 0 bridgehead atoms. The number of para-hydroxylation sites is 1. The molecule has 4 atom stereocenters. The summed E-state index contributed by atoms with van der Waals surface area (Å²) in [4.78, 5) is 28.0. The molecule has 0 spiro atoms. The van der Waals surface area contributed by atoms with E-state index in [2.05, 4.69) is 27.2 Å². The number of hydrogen-bond donors (Lipinski definition) is 5. The summed E-state index contributed by atoms with van der Waals surface area (Å²) >= 11 is 0. The average molecular weight is 357 g/mol. The van der Waals surface area contributed by atoms with Gasteiger partial charge < -0.3 is 10.7 Å². The number of nitrogens with two attached hydrogens (primary N) is 1. The number of hydrazine groups is 1. The molecular formula is C19H27N5O2. The first-order chi connectivity index (χ1) is 12.4. The highest BCUT2D eigenvalue weighted by molar-refractivity contribution is 5.90. The van der Waals surface area contributed by atoms with Gasteiger partial charge in [0.05, 0.1) is 12.1 Å². The van der Waals surface area contributed by atoms with Crippen LogP contribution in [0.1, 0.15) is 44.5 Å². The molecule has 1 aromatic heterocycles. The van der Waals surface area contributed by atoms with Gasteiger partial charge in [-0.25, -0.2) is 0 Å². The lowest BCUT2D eigenvalue weighted by Gasteiger charge is -2.28. The Morgan fingerprint density at radius 2 is 2.04 bits per heavy atom. The van der Waals surface area contributed by atoms with Gasteiger partial charge in [-0.3, -0.25) is 25.8 Å². The monoisotopic (exact) mass is 357 g/mol. The zero-order valence-electron chi connectivity index (χ0n) is 15.4. The first kappa shape index (κ1) is 18.4. The Morgan fingerprint density at radius 1 is 1.31 bits per heavy atom. The zero-order chi connectivity index (χ0) is 18.8. The molecule has 0 saturated heterocycles. The van der Waals surface area contributed by atoms with Gasteiger partial charge in [-0.2, -0.15) is 0 Å². The van der Waals surface area contributed by atoms with E-state index in [9.17, 15) is 9.59 Å². The molecule has 0 saturated carbocycles. The number of fused-ring (bicyclic) bond motifs is 3. The summed E-state index contributed by atoms with van der Waals surface area (Å²) in [6.07, 6.45) is 1.36. The van der Waals surface area contributed by atoms with Crippen molar-refractivity contribution >= 4 is 22.7 Å². The minimum Gasteiger partial charge on any atom is -0.357 e. The molecule has 0 aliphatic carbocycles. The maximum absolute atomic E-state index is 12.5. The fourth-order valence-electron chi connectivity index (χ4n) is 3.43. The van der Waals surface area contributed by atoms with Crippen LogP contribution in [0.15, 0.2) is 24.3 Å². The largest absolute Gasteiger partial charge is 0.357 e. The summed E-state index contributed by atoms with van der Waals surface area (Å²) in [5.74, 6) is -0.588. The minimum atomic E-state index is -0.640. The van der Waals surface area contributed by atoms with E-state index in [1.807, 2.05) is 39.0 Å². The predicted molar refractivity (Wildman–Crippen MR) is 101 cm³/mol. The van der Waals surface area contributed by atoms with E-state index >= 15 is 0 Å². The number of rotatable bonds is 4. The number of carbonyl (C=O) groups is 2. The van der Waals surface area contributed by atoms with Gasteiger partial charge in [0.1, 0.15) is 0 Å². The van der Waals surface area contributed by atoms with Crippen LogP contribution in [-0.4, -0.2) is 28.9 Å². The van der Waals surface area contributed by atoms with Crippen LogP contribution in [0.5, 0.6) is 0 Å². The third-order valence-electron chi connectivity index (χ3n) is 5.32. The Bertz CT molecular complexity index is 815. The number of amides is 2. The van der Waals surface area contributed by atoms with Crippen molar-refractivity contribution in [2.45, 2.75) is 51.7 Å². The van der Waals surface area contributed by atoms with Crippen molar-refractivity contribution in [3.05, 3.63) is 35.5 Å². The number of H-pyrrole nitrogens is 1. The Hall–Kier alpha value is -2.38. The van der Waals surface area contributed by atoms with Gasteiger partial charge in [0, 0.05) is 22.6 Å². The normalized spacial score (nSPS) is 21.7. The van der Waals surface area contributed by atoms with Gasteiger partial charge in [0.2, 0.25) is 0 Å². The van der Waals surface area contributed by atoms with Crippen molar-refractivity contribution in [2.75, 3.05) is 0 Å². The number of nitrogens with one attached hydrogen (secondary N) is 4. The second-order valence-corrected chi connectivity index (χ2v) is 7.10. The lowest BCUT2D eigenvalue weighted by atomic mass is 9.94. The number of carbonyl (C=O) groups excluding carboxylic acids is 2. The van der Waals surface area contributed by atoms with Crippen LogP contribution in [0.4, 0.5) is 0 Å². The van der Waals surface area contributed by atoms with Gasteiger partial charge in [-0.05, 0) is 30.9 Å². The van der Waals surface area contributed by atoms with E-state index in [1.54, 1.807) is 0 Å². The predicted octanol–water partition coefficient (Wildman–Crippen LogP) is 1.26. The van der Waals surface area contributed by atoms with E-state index in [4.69, 9.17) is 5.73 Å². The van der Waals surface area contributed by atoms with Gasteiger partial charge >= 0.3 is 0 Å². The molecule has 2 heterocycles. The van der Waals surface area contributed by atoms with E-state index in [1.165, 1.54) is 0 Å². The average Bonchev–Trinajstić information content (AvgIpc) is 3.04. The summed E-state index contributed by atoms with van der Waals surface area (Å²) in [6, 6.07) is 7.03. The van der Waals surface area contributed by atoms with Crippen LogP contribution in [-0.2, 0) is 16.0 Å². The summed E-state index contributed by atoms with van der Waals surface area (Å²) in [7, 11) is 0. The van der Waals surface area contributed by atoms with E-state index in [0.717, 1.165) is 28.6 Å². The van der Waals surface area contributed by atoms with Crippen molar-refractivity contribution in [1.82, 2.24) is 21.2 Å². The van der Waals surface area contributed by atoms with Crippen LogP contribution in [0.2, 0.25) is 0 Å². The van der Waals surface area contributed by atoms with Crippen molar-refractivity contribution in [2.24, 2.45) is 11.7 Å². The second-order valence-electron chi connectivity index (χ2n) is 7.10. The third-order valence-corrected chi connectivity index (χ3v) is 5.32. The minimum absolute atomic E-state index is 0.0139. The van der Waals surface area contributed by atoms with Crippen LogP contribution >= 0.6 is 0 Å². The van der Waals surface area contributed by atoms with E-state index < -0.39 is 12.1 Å². The van der Waals surface area contributed by atoms with E-state index in [0.29, 0.717) is 6.42 Å². The van der Waals surface area contributed by atoms with Crippen molar-refractivity contribution < 1.29 is 9.59 Å². The molecule has 7 heteroatoms. The molecule has 140 valence electrons. The summed E-state index contributed by atoms with van der Waals surface area (Å²) < 4.78 is 0. The van der Waals surface area contributed by atoms with Crippen molar-refractivity contribution in [1.29, 1.82) is 0 Å². The smallest absolute Gasteiger partial charge is 0.255 e. The van der Waals surface area contributed by atoms with Crippen molar-refractivity contribution in [3.8, 4) is 0 Å². The number of benzene rings is 1. The highest BCUT2D eigenvalue weighted by atomic mass is 16.2. The molecule has 2 amide bonds. The molecule has 1 aliphatic heterocycles. The molecule has 3 rings (SSSR count). The van der Waals surface area contributed by atoms with Crippen LogP contribution in [0, 0.1) is 5.92 Å². The molecule has 1 aliphatic rings. The Balaban J connectivity index is 1.67. The molecule has 6 N–H and O–H groups in total. The molecular weight excluding hydrogens is 330 g/mol. The van der Waals surface area contributed by atoms with Crippen LogP contribution in [0.3, 0.4) is 0 Å². The summed E-state index contributed by atoms with van der Waals surface area (Å²) in [6.45, 7) is 5.91. The van der Waals surface area contributed by atoms with Crippen LogP contribution < -0.4 is 21.9 Å². The third kappa shape index (κ3) is 3.45. The van der Waals surface area contributed by atoms with Gasteiger partial charge in [-0.15, -0.1) is 0 Å². The van der Waals surface area contributed by atoms with E-state index in [-0.39, 0.29) is 23.8 Å². The SMILES string of the molecule is CC[C@H](C)[C@H](N)C(=O)NNC(=O)[C@@H]1Cc2c([nH]c3ccccc23)[C@H](C)N1. The first-order valence-corrected chi connectivity index (χ1v) is 9.13. The molecule has 26 heavy (non-hydrogen) atoms. The van der Waals surface area contributed by atoms with Crippen molar-refractivity contribution in [3.63, 3.8) is 0 Å². The highest BCUT2D eigenvalue weighted by Gasteiger charge is 2.31. The zero-order valence-corrected chi connectivity index (χ0v) is 15.4. The second kappa shape index (κ2) is 7.47. The fourth-order valence-corrected chi connectivity index (χ4v) is 3.43. The summed E-state index contributed by atoms with van der Waals surface area (Å²) in [5, 5.41) is 4.43. The Labute approximate surface area is 153 Å². The number of aromatic amines is 1. The Kier molecular flexibility index (Phi) is 5.29. The molecule has 1 aromatic carbocycles. The van der Waals surface area contributed by atoms with Gasteiger partial charge in [0.25, 0.3) is 11.8 Å². The maximum Gasteiger partial charge on any atom is 0.255 e. The lowest BCUT2D eigenvalue weighted by Crippen LogP contribution is -2.57.